The van der Waals surface area contributed by atoms with E-state index in [1.807, 2.05) is 17.5 Å². The van der Waals surface area contributed by atoms with Gasteiger partial charge in [-0.3, -0.25) is 0 Å². The first-order chi connectivity index (χ1) is 8.70. The zero-order valence-corrected chi connectivity index (χ0v) is 11.2. The number of nitrogens with zero attached hydrogens (tertiary/aromatic N) is 4. The summed E-state index contributed by atoms with van der Waals surface area (Å²) in [5.74, 6) is 1.10. The van der Waals surface area contributed by atoms with Crippen molar-refractivity contribution in [3.05, 3.63) is 41.0 Å². The highest BCUT2D eigenvalue weighted by Crippen LogP contribution is 2.36. The highest BCUT2D eigenvalue weighted by Gasteiger charge is 2.19. The van der Waals surface area contributed by atoms with Gasteiger partial charge in [0.15, 0.2) is 5.82 Å². The maximum Gasteiger partial charge on any atom is 0.162 e. The number of aromatic nitrogens is 4. The summed E-state index contributed by atoms with van der Waals surface area (Å²) in [7, 11) is 0. The first kappa shape index (κ1) is 11.2. The standard InChI is InChI=1S/C12H10BrN5/c1-7-9(13)8(12-16-3-2-4-17-12)10-11(14)15-5-6-18(7)10/h2-6H,1H3,(H2,14,15). The average Bonchev–Trinajstić information content (AvgIpc) is 2.65. The summed E-state index contributed by atoms with van der Waals surface area (Å²) in [5, 5.41) is 0. The molecule has 0 unspecified atom stereocenters. The van der Waals surface area contributed by atoms with E-state index in [0.29, 0.717) is 11.6 Å². The number of anilines is 1. The predicted octanol–water partition coefficient (Wildman–Crippen LogP) is 2.44. The van der Waals surface area contributed by atoms with Crippen molar-refractivity contribution in [1.82, 2.24) is 19.4 Å². The Morgan fingerprint density at radius 1 is 1.17 bits per heavy atom. The van der Waals surface area contributed by atoms with Crippen LogP contribution >= 0.6 is 15.9 Å². The van der Waals surface area contributed by atoms with Crippen LogP contribution in [0.15, 0.2) is 35.3 Å². The molecular weight excluding hydrogens is 294 g/mol. The first-order valence-corrected chi connectivity index (χ1v) is 6.17. The van der Waals surface area contributed by atoms with Gasteiger partial charge in [0.1, 0.15) is 11.3 Å². The van der Waals surface area contributed by atoms with Crippen molar-refractivity contribution < 1.29 is 0 Å². The minimum absolute atomic E-state index is 0.466. The Morgan fingerprint density at radius 3 is 2.61 bits per heavy atom. The van der Waals surface area contributed by atoms with Crippen molar-refractivity contribution in [1.29, 1.82) is 0 Å². The maximum atomic E-state index is 5.97. The molecule has 0 amide bonds. The number of hydrogen-bond donors (Lipinski definition) is 1. The minimum Gasteiger partial charge on any atom is -0.382 e. The molecule has 5 nitrogen and oxygen atoms in total. The van der Waals surface area contributed by atoms with E-state index in [1.165, 1.54) is 0 Å². The highest BCUT2D eigenvalue weighted by atomic mass is 79.9. The zero-order chi connectivity index (χ0) is 12.7. The molecule has 3 aromatic heterocycles. The van der Waals surface area contributed by atoms with E-state index in [1.54, 1.807) is 24.7 Å². The summed E-state index contributed by atoms with van der Waals surface area (Å²) < 4.78 is 2.92. The molecule has 0 spiro atoms. The monoisotopic (exact) mass is 303 g/mol. The fourth-order valence-electron chi connectivity index (χ4n) is 1.99. The molecule has 0 aliphatic heterocycles. The molecule has 3 rings (SSSR count). The van der Waals surface area contributed by atoms with E-state index in [0.717, 1.165) is 21.2 Å². The number of aryl methyl sites for hydroxylation is 1. The fourth-order valence-corrected chi connectivity index (χ4v) is 2.55. The first-order valence-electron chi connectivity index (χ1n) is 5.38. The molecule has 2 N–H and O–H groups in total. The molecule has 0 aromatic carbocycles. The van der Waals surface area contributed by atoms with Crippen LogP contribution in [0.4, 0.5) is 5.82 Å². The van der Waals surface area contributed by atoms with E-state index in [9.17, 15) is 0 Å². The summed E-state index contributed by atoms with van der Waals surface area (Å²) in [6.07, 6.45) is 6.97. The van der Waals surface area contributed by atoms with Crippen LogP contribution in [0.25, 0.3) is 16.9 Å². The van der Waals surface area contributed by atoms with E-state index in [4.69, 9.17) is 5.73 Å². The molecule has 0 atom stereocenters. The molecule has 3 aromatic rings. The number of nitrogen functional groups attached to an aromatic ring is 1. The second-order valence-corrected chi connectivity index (χ2v) is 4.67. The lowest BCUT2D eigenvalue weighted by atomic mass is 10.2. The van der Waals surface area contributed by atoms with E-state index >= 15 is 0 Å². The molecule has 3 heterocycles. The lowest BCUT2D eigenvalue weighted by Gasteiger charge is -2.01. The van der Waals surface area contributed by atoms with Gasteiger partial charge in [-0.25, -0.2) is 15.0 Å². The van der Waals surface area contributed by atoms with Crippen LogP contribution in [-0.2, 0) is 0 Å². The van der Waals surface area contributed by atoms with Gasteiger partial charge in [0.2, 0.25) is 0 Å². The van der Waals surface area contributed by atoms with Crippen molar-refractivity contribution in [2.45, 2.75) is 6.92 Å². The van der Waals surface area contributed by atoms with Crippen LogP contribution in [0.3, 0.4) is 0 Å². The van der Waals surface area contributed by atoms with Crippen LogP contribution in [0, 0.1) is 6.92 Å². The molecule has 0 aliphatic carbocycles. The minimum atomic E-state index is 0.466. The van der Waals surface area contributed by atoms with Crippen LogP contribution in [0.5, 0.6) is 0 Å². The van der Waals surface area contributed by atoms with Gasteiger partial charge in [-0.05, 0) is 28.9 Å². The zero-order valence-electron chi connectivity index (χ0n) is 9.63. The lowest BCUT2D eigenvalue weighted by Crippen LogP contribution is -1.97. The van der Waals surface area contributed by atoms with Crippen molar-refractivity contribution in [3.8, 4) is 11.4 Å². The number of fused-ring (bicyclic) bond motifs is 1. The second-order valence-electron chi connectivity index (χ2n) is 3.88. The van der Waals surface area contributed by atoms with E-state index in [2.05, 4.69) is 30.9 Å². The Bertz CT molecular complexity index is 720. The topological polar surface area (TPSA) is 69.1 Å². The van der Waals surface area contributed by atoms with Crippen LogP contribution in [0.2, 0.25) is 0 Å². The van der Waals surface area contributed by atoms with Gasteiger partial charge in [0, 0.05) is 30.5 Å². The largest absolute Gasteiger partial charge is 0.382 e. The van der Waals surface area contributed by atoms with Gasteiger partial charge >= 0.3 is 0 Å². The Kier molecular flexibility index (Phi) is 2.52. The molecule has 0 saturated carbocycles. The summed E-state index contributed by atoms with van der Waals surface area (Å²) in [5.41, 5.74) is 8.71. The molecule has 90 valence electrons. The van der Waals surface area contributed by atoms with Gasteiger partial charge in [-0.1, -0.05) is 0 Å². The van der Waals surface area contributed by atoms with Crippen molar-refractivity contribution >= 4 is 27.3 Å². The van der Waals surface area contributed by atoms with Crippen molar-refractivity contribution in [2.75, 3.05) is 5.73 Å². The molecule has 18 heavy (non-hydrogen) atoms. The molecule has 0 radical (unpaired) electrons. The maximum absolute atomic E-state index is 5.97. The van der Waals surface area contributed by atoms with Gasteiger partial charge < -0.3 is 10.1 Å². The second kappa shape index (κ2) is 4.06. The summed E-state index contributed by atoms with van der Waals surface area (Å²) in [6.45, 7) is 2.00. The number of nitrogens with two attached hydrogens (primary N) is 1. The van der Waals surface area contributed by atoms with Crippen LogP contribution < -0.4 is 5.73 Å². The molecule has 0 aliphatic rings. The number of hydrogen-bond acceptors (Lipinski definition) is 4. The third-order valence-corrected chi connectivity index (χ3v) is 3.81. The third kappa shape index (κ3) is 1.49. The fraction of sp³-hybridized carbons (Fsp3) is 0.0833. The van der Waals surface area contributed by atoms with Gasteiger partial charge in [-0.2, -0.15) is 0 Å². The van der Waals surface area contributed by atoms with Crippen LogP contribution in [0.1, 0.15) is 5.69 Å². The Hall–Kier alpha value is -1.95. The van der Waals surface area contributed by atoms with Crippen molar-refractivity contribution in [2.24, 2.45) is 0 Å². The van der Waals surface area contributed by atoms with Crippen molar-refractivity contribution in [3.63, 3.8) is 0 Å². The molecule has 6 heteroatoms. The summed E-state index contributed by atoms with van der Waals surface area (Å²) in [6, 6.07) is 1.78. The quantitative estimate of drug-likeness (QED) is 0.749. The Morgan fingerprint density at radius 2 is 1.89 bits per heavy atom. The van der Waals surface area contributed by atoms with Crippen LogP contribution in [-0.4, -0.2) is 19.4 Å². The van der Waals surface area contributed by atoms with E-state index < -0.39 is 0 Å². The Labute approximate surface area is 112 Å². The SMILES string of the molecule is Cc1c(Br)c(-c2ncccn2)c2c(N)nccn12. The van der Waals surface area contributed by atoms with Gasteiger partial charge in [0.25, 0.3) is 0 Å². The number of rotatable bonds is 1. The van der Waals surface area contributed by atoms with Gasteiger partial charge in [-0.15, -0.1) is 0 Å². The predicted molar refractivity (Wildman–Crippen MR) is 73.1 cm³/mol. The Balaban J connectivity index is 2.46. The van der Waals surface area contributed by atoms with Gasteiger partial charge in [0.05, 0.1) is 10.0 Å². The highest BCUT2D eigenvalue weighted by molar-refractivity contribution is 9.10. The summed E-state index contributed by atoms with van der Waals surface area (Å²) >= 11 is 3.58. The smallest absolute Gasteiger partial charge is 0.162 e. The molecular formula is C12H10BrN5. The average molecular weight is 304 g/mol. The molecule has 0 saturated heterocycles. The van der Waals surface area contributed by atoms with E-state index in [-0.39, 0.29) is 0 Å². The molecule has 0 fully saturated rings. The normalized spacial score (nSPS) is 11.0. The third-order valence-electron chi connectivity index (χ3n) is 2.84. The summed E-state index contributed by atoms with van der Waals surface area (Å²) in [4.78, 5) is 12.7. The number of halogens is 1. The lowest BCUT2D eigenvalue weighted by molar-refractivity contribution is 1.08. The molecule has 0 bridgehead atoms.